The van der Waals surface area contributed by atoms with Crippen LogP contribution in [-0.4, -0.2) is 37.5 Å². The predicted octanol–water partition coefficient (Wildman–Crippen LogP) is 3.65. The summed E-state index contributed by atoms with van der Waals surface area (Å²) < 4.78 is 10.4. The number of anilines is 1. The molecule has 0 aliphatic heterocycles. The van der Waals surface area contributed by atoms with Gasteiger partial charge in [-0.1, -0.05) is 41.4 Å². The van der Waals surface area contributed by atoms with Crippen LogP contribution in [0, 0.1) is 6.92 Å². The molecule has 0 unspecified atom stereocenters. The Morgan fingerprint density at radius 3 is 2.41 bits per heavy atom. The molecule has 0 saturated carbocycles. The van der Waals surface area contributed by atoms with Gasteiger partial charge in [0.25, 0.3) is 0 Å². The van der Waals surface area contributed by atoms with E-state index in [1.165, 1.54) is 26.0 Å². The fraction of sp³-hybridized carbons (Fsp3) is 0.300. The summed E-state index contributed by atoms with van der Waals surface area (Å²) in [5, 5.41) is 3.12. The molecule has 0 aliphatic carbocycles. The Hall–Kier alpha value is -2.73. The summed E-state index contributed by atoms with van der Waals surface area (Å²) in [6, 6.07) is 11.0. The molecule has 0 spiro atoms. The van der Waals surface area contributed by atoms with Crippen LogP contribution < -0.4 is 14.8 Å². The van der Waals surface area contributed by atoms with Gasteiger partial charge in [-0.2, -0.15) is 0 Å². The van der Waals surface area contributed by atoms with Crippen LogP contribution in [0.2, 0.25) is 5.02 Å². The fourth-order valence-electron chi connectivity index (χ4n) is 2.63. The van der Waals surface area contributed by atoms with Crippen molar-refractivity contribution < 1.29 is 19.1 Å². The number of carbonyl (C=O) groups is 2. The highest BCUT2D eigenvalue weighted by Gasteiger charge is 2.17. The Morgan fingerprint density at radius 2 is 1.81 bits per heavy atom. The Labute approximate surface area is 164 Å². The maximum Gasteiger partial charge on any atom is 0.244 e. The molecule has 0 saturated heterocycles. The van der Waals surface area contributed by atoms with E-state index < -0.39 is 0 Å². The molecule has 144 valence electrons. The first kappa shape index (κ1) is 20.6. The van der Waals surface area contributed by atoms with Crippen molar-refractivity contribution in [3.63, 3.8) is 0 Å². The number of benzene rings is 2. The lowest BCUT2D eigenvalue weighted by Crippen LogP contribution is -2.36. The average molecular weight is 391 g/mol. The predicted molar refractivity (Wildman–Crippen MR) is 105 cm³/mol. The van der Waals surface area contributed by atoms with Crippen molar-refractivity contribution in [1.29, 1.82) is 0 Å². The third kappa shape index (κ3) is 5.62. The number of hydrogen-bond acceptors (Lipinski definition) is 4. The molecule has 7 heteroatoms. The van der Waals surface area contributed by atoms with Crippen LogP contribution in [0.15, 0.2) is 36.4 Å². The van der Waals surface area contributed by atoms with Crippen LogP contribution in [0.3, 0.4) is 0 Å². The summed E-state index contributed by atoms with van der Waals surface area (Å²) in [5.41, 5.74) is 2.48. The average Bonchev–Trinajstić information content (AvgIpc) is 2.62. The fourth-order valence-corrected chi connectivity index (χ4v) is 2.86. The lowest BCUT2D eigenvalue weighted by molar-refractivity contribution is -0.133. The van der Waals surface area contributed by atoms with Gasteiger partial charge in [0, 0.05) is 25.6 Å². The second-order valence-corrected chi connectivity index (χ2v) is 6.51. The molecule has 0 atom stereocenters. The van der Waals surface area contributed by atoms with Crippen LogP contribution in [0.5, 0.6) is 11.5 Å². The highest BCUT2D eigenvalue weighted by molar-refractivity contribution is 6.32. The molecular weight excluding hydrogens is 368 g/mol. The Bertz CT molecular complexity index is 839. The summed E-state index contributed by atoms with van der Waals surface area (Å²) in [4.78, 5) is 26.0. The molecule has 0 aliphatic rings. The largest absolute Gasteiger partial charge is 0.495 e. The number of aryl methyl sites for hydroxylation is 1. The van der Waals surface area contributed by atoms with Crippen LogP contribution in [0.4, 0.5) is 5.69 Å². The van der Waals surface area contributed by atoms with E-state index in [0.717, 1.165) is 11.1 Å². The molecule has 0 bridgehead atoms. The summed E-state index contributed by atoms with van der Waals surface area (Å²) in [6.45, 7) is 3.69. The van der Waals surface area contributed by atoms with Gasteiger partial charge in [-0.05, 0) is 12.5 Å². The molecule has 27 heavy (non-hydrogen) atoms. The molecule has 2 aromatic rings. The molecule has 1 N–H and O–H groups in total. The first-order chi connectivity index (χ1) is 12.8. The zero-order valence-electron chi connectivity index (χ0n) is 15.8. The van der Waals surface area contributed by atoms with Gasteiger partial charge in [0.05, 0.1) is 24.9 Å². The van der Waals surface area contributed by atoms with Crippen LogP contribution in [-0.2, 0) is 16.1 Å². The normalized spacial score (nSPS) is 10.3. The Balaban J connectivity index is 2.13. The van der Waals surface area contributed by atoms with Gasteiger partial charge in [-0.3, -0.25) is 9.59 Å². The maximum absolute atomic E-state index is 12.5. The summed E-state index contributed by atoms with van der Waals surface area (Å²) >= 11 is 6.08. The lowest BCUT2D eigenvalue weighted by atomic mass is 10.1. The summed E-state index contributed by atoms with van der Waals surface area (Å²) in [6.07, 6.45) is 0. The highest BCUT2D eigenvalue weighted by Crippen LogP contribution is 2.35. The standard InChI is InChI=1S/C20H23ClN2O4/c1-13-6-5-7-15(8-13)11-23(14(2)24)12-20(25)22-17-10-18(26-3)16(21)9-19(17)27-4/h5-10H,11-12H2,1-4H3,(H,22,25). The van der Waals surface area contributed by atoms with Crippen LogP contribution in [0.1, 0.15) is 18.1 Å². The second-order valence-electron chi connectivity index (χ2n) is 6.10. The molecule has 2 aromatic carbocycles. The molecule has 0 aromatic heterocycles. The van der Waals surface area contributed by atoms with E-state index in [1.807, 2.05) is 31.2 Å². The SMILES string of the molecule is COc1cc(NC(=O)CN(Cc2cccc(C)c2)C(C)=O)c(OC)cc1Cl. The van der Waals surface area contributed by atoms with Gasteiger partial charge in [-0.15, -0.1) is 0 Å². The van der Waals surface area contributed by atoms with Gasteiger partial charge < -0.3 is 19.7 Å². The molecule has 6 nitrogen and oxygen atoms in total. The Kier molecular flexibility index (Phi) is 7.07. The minimum atomic E-state index is -0.347. The van der Waals surface area contributed by atoms with Crippen molar-refractivity contribution in [2.45, 2.75) is 20.4 Å². The summed E-state index contributed by atoms with van der Waals surface area (Å²) in [7, 11) is 2.96. The van der Waals surface area contributed by atoms with Gasteiger partial charge in [-0.25, -0.2) is 0 Å². The number of nitrogens with zero attached hydrogens (tertiary/aromatic N) is 1. The van der Waals surface area contributed by atoms with Crippen LogP contribution >= 0.6 is 11.6 Å². The van der Waals surface area contributed by atoms with Gasteiger partial charge in [0.1, 0.15) is 18.0 Å². The number of nitrogens with one attached hydrogen (secondary N) is 1. The van der Waals surface area contributed by atoms with Crippen molar-refractivity contribution in [3.05, 3.63) is 52.5 Å². The number of amides is 2. The third-order valence-electron chi connectivity index (χ3n) is 3.98. The number of methoxy groups -OCH3 is 2. The van der Waals surface area contributed by atoms with E-state index in [2.05, 4.69) is 5.32 Å². The monoisotopic (exact) mass is 390 g/mol. The quantitative estimate of drug-likeness (QED) is 0.783. The Morgan fingerprint density at radius 1 is 1.11 bits per heavy atom. The van der Waals surface area contributed by atoms with Crippen molar-refractivity contribution in [2.75, 3.05) is 26.1 Å². The van der Waals surface area contributed by atoms with Gasteiger partial charge in [0.2, 0.25) is 11.8 Å². The topological polar surface area (TPSA) is 67.9 Å². The van der Waals surface area contributed by atoms with Crippen molar-refractivity contribution in [1.82, 2.24) is 4.90 Å². The maximum atomic E-state index is 12.5. The van der Waals surface area contributed by atoms with E-state index >= 15 is 0 Å². The van der Waals surface area contributed by atoms with Crippen LogP contribution in [0.25, 0.3) is 0 Å². The van der Waals surface area contributed by atoms with E-state index in [1.54, 1.807) is 12.1 Å². The van der Waals surface area contributed by atoms with E-state index in [4.69, 9.17) is 21.1 Å². The zero-order chi connectivity index (χ0) is 20.0. The highest BCUT2D eigenvalue weighted by atomic mass is 35.5. The molecule has 2 amide bonds. The van der Waals surface area contributed by atoms with Gasteiger partial charge >= 0.3 is 0 Å². The second kappa shape index (κ2) is 9.28. The first-order valence-electron chi connectivity index (χ1n) is 8.36. The van der Waals surface area contributed by atoms with E-state index in [9.17, 15) is 9.59 Å². The van der Waals surface area contributed by atoms with E-state index in [0.29, 0.717) is 28.8 Å². The number of ether oxygens (including phenoxy) is 2. The third-order valence-corrected chi connectivity index (χ3v) is 4.28. The zero-order valence-corrected chi connectivity index (χ0v) is 16.6. The molecule has 0 fully saturated rings. The first-order valence-corrected chi connectivity index (χ1v) is 8.74. The number of hydrogen-bond donors (Lipinski definition) is 1. The minimum absolute atomic E-state index is 0.0859. The number of rotatable bonds is 7. The lowest BCUT2D eigenvalue weighted by Gasteiger charge is -2.21. The van der Waals surface area contributed by atoms with E-state index in [-0.39, 0.29) is 18.4 Å². The summed E-state index contributed by atoms with van der Waals surface area (Å²) in [5.74, 6) is 0.283. The molecular formula is C20H23ClN2O4. The minimum Gasteiger partial charge on any atom is -0.495 e. The van der Waals surface area contributed by atoms with Gasteiger partial charge in [0.15, 0.2) is 0 Å². The molecule has 0 radical (unpaired) electrons. The smallest absolute Gasteiger partial charge is 0.244 e. The van der Waals surface area contributed by atoms with Crippen molar-refractivity contribution >= 4 is 29.1 Å². The number of carbonyl (C=O) groups excluding carboxylic acids is 2. The number of halogens is 1. The molecule has 0 heterocycles. The van der Waals surface area contributed by atoms with Crippen molar-refractivity contribution in [3.8, 4) is 11.5 Å². The molecule has 2 rings (SSSR count). The van der Waals surface area contributed by atoms with Crippen molar-refractivity contribution in [2.24, 2.45) is 0 Å².